The molecule has 0 saturated heterocycles. The highest BCUT2D eigenvalue weighted by molar-refractivity contribution is 6.32. The minimum Gasteiger partial charge on any atom is -0.467 e. The van der Waals surface area contributed by atoms with Gasteiger partial charge in [-0.3, -0.25) is 38.6 Å². The molecule has 1 aliphatic carbocycles. The van der Waals surface area contributed by atoms with Gasteiger partial charge in [-0.2, -0.15) is 0 Å². The number of H-pyrrole nitrogens is 1. The van der Waals surface area contributed by atoms with E-state index in [0.29, 0.717) is 6.42 Å². The number of methoxy groups -OCH3 is 1. The predicted octanol–water partition coefficient (Wildman–Crippen LogP) is 2.08. The van der Waals surface area contributed by atoms with Crippen LogP contribution >= 0.6 is 0 Å². The predicted molar refractivity (Wildman–Crippen MR) is 196 cm³/mol. The molecule has 0 saturated carbocycles. The van der Waals surface area contributed by atoms with E-state index in [1.807, 2.05) is 54.8 Å². The fourth-order valence-corrected chi connectivity index (χ4v) is 7.06. The maximum atomic E-state index is 13.8. The molecule has 3 atom stereocenters. The van der Waals surface area contributed by atoms with Crippen molar-refractivity contribution in [1.82, 2.24) is 30.7 Å². The van der Waals surface area contributed by atoms with Gasteiger partial charge in [-0.25, -0.2) is 4.79 Å². The Labute approximate surface area is 309 Å². The first-order chi connectivity index (χ1) is 26.1. The van der Waals surface area contributed by atoms with E-state index in [1.165, 1.54) is 37.5 Å². The molecule has 14 heteroatoms. The lowest BCUT2D eigenvalue weighted by Gasteiger charge is -2.29. The van der Waals surface area contributed by atoms with Crippen molar-refractivity contribution in [3.63, 3.8) is 0 Å². The van der Waals surface area contributed by atoms with Crippen molar-refractivity contribution in [2.75, 3.05) is 26.7 Å². The first kappa shape index (κ1) is 35.6. The number of hydrogen-bond acceptors (Lipinski definition) is 9. The Bertz CT molecular complexity index is 2260. The molecule has 2 aromatic carbocycles. The first-order valence-electron chi connectivity index (χ1n) is 17.4. The Balaban J connectivity index is 1.03. The third-order valence-corrected chi connectivity index (χ3v) is 9.80. The van der Waals surface area contributed by atoms with Gasteiger partial charge >= 0.3 is 5.97 Å². The van der Waals surface area contributed by atoms with Crippen molar-refractivity contribution in [1.29, 1.82) is 0 Å². The summed E-state index contributed by atoms with van der Waals surface area (Å²) in [5.41, 5.74) is 2.97. The number of carbonyl (C=O) groups is 7. The summed E-state index contributed by atoms with van der Waals surface area (Å²) in [6, 6.07) is 10.7. The average molecular weight is 729 g/mol. The molecule has 2 unspecified atom stereocenters. The molecule has 4 aliphatic rings. The summed E-state index contributed by atoms with van der Waals surface area (Å²) in [5, 5.41) is 9.65. The average Bonchev–Trinajstić information content (AvgIpc) is 3.79. The van der Waals surface area contributed by atoms with Crippen molar-refractivity contribution < 1.29 is 38.3 Å². The van der Waals surface area contributed by atoms with Gasteiger partial charge in [0.05, 0.1) is 13.2 Å². The summed E-state index contributed by atoms with van der Waals surface area (Å²) < 4.78 is 4.94. The summed E-state index contributed by atoms with van der Waals surface area (Å²) in [4.78, 5) is 98.0. The lowest BCUT2D eigenvalue weighted by atomic mass is 9.88. The number of amides is 6. The van der Waals surface area contributed by atoms with E-state index < -0.39 is 60.5 Å². The smallest absolute Gasteiger partial charge is 0.328 e. The second-order valence-electron chi connectivity index (χ2n) is 13.1. The zero-order chi connectivity index (χ0) is 37.9. The van der Waals surface area contributed by atoms with Crippen LogP contribution in [0.15, 0.2) is 103 Å². The van der Waals surface area contributed by atoms with Gasteiger partial charge in [0.1, 0.15) is 19.1 Å². The van der Waals surface area contributed by atoms with Gasteiger partial charge < -0.3 is 25.7 Å². The number of hydrogen-bond donors (Lipinski definition) is 4. The standard InChI is InChI=1S/C40H36N6O8/c1-54-40(53)33(18-25-20-43-32-11-5-3-8-27(25)32)44-35(48)22-46-38(51)28-9-6-12-36(49)45(37(50)23-13-14-29(39(46)52)30(28)17-23)21-34(47)41-16-15-24-19-42-31-10-4-2-7-26(24)31/h2-14,17,19-20,27,32-33,42-43H,15-16,18,21-22H2,1H3,(H,41,47)(H,44,48)/b12-6+,28-9+/t27?,32?,33-/m1/s1. The van der Waals surface area contributed by atoms with Crippen LogP contribution in [0.25, 0.3) is 16.5 Å². The summed E-state index contributed by atoms with van der Waals surface area (Å²) in [5.74, 6) is -5.24. The second kappa shape index (κ2) is 15.0. The van der Waals surface area contributed by atoms with Gasteiger partial charge in [0.2, 0.25) is 11.8 Å². The van der Waals surface area contributed by atoms with Crippen LogP contribution in [0.1, 0.15) is 38.3 Å². The van der Waals surface area contributed by atoms with Crippen molar-refractivity contribution in [2.45, 2.75) is 24.9 Å². The number of esters is 1. The third kappa shape index (κ3) is 7.00. The molecular weight excluding hydrogens is 692 g/mol. The third-order valence-electron chi connectivity index (χ3n) is 9.80. The highest BCUT2D eigenvalue weighted by Gasteiger charge is 2.38. The molecule has 1 aromatic heterocycles. The normalized spacial score (nSPS) is 20.8. The second-order valence-corrected chi connectivity index (χ2v) is 13.1. The topological polar surface area (TPSA) is 187 Å². The molecule has 0 radical (unpaired) electrons. The van der Waals surface area contributed by atoms with Crippen LogP contribution in [0.2, 0.25) is 0 Å². The number of nitrogens with one attached hydrogen (secondary N) is 4. The number of benzene rings is 2. The maximum absolute atomic E-state index is 13.8. The number of nitrogens with zero attached hydrogens (tertiary/aromatic N) is 2. The number of imide groups is 2. The van der Waals surface area contributed by atoms with Gasteiger partial charge in [0, 0.05) is 64.3 Å². The van der Waals surface area contributed by atoms with Crippen LogP contribution in [0.4, 0.5) is 0 Å². The van der Waals surface area contributed by atoms with E-state index in [0.717, 1.165) is 37.9 Å². The largest absolute Gasteiger partial charge is 0.467 e. The van der Waals surface area contributed by atoms with Gasteiger partial charge in [-0.05, 0) is 54.1 Å². The van der Waals surface area contributed by atoms with E-state index in [4.69, 9.17) is 4.74 Å². The summed E-state index contributed by atoms with van der Waals surface area (Å²) >= 11 is 0. The van der Waals surface area contributed by atoms with E-state index >= 15 is 0 Å². The Hall–Kier alpha value is -6.83. The molecule has 3 aromatic rings. The number of fused-ring (bicyclic) bond motifs is 3. The highest BCUT2D eigenvalue weighted by atomic mass is 16.5. The molecule has 2 bridgehead atoms. The van der Waals surface area contributed by atoms with Crippen LogP contribution in [-0.2, 0) is 35.1 Å². The molecule has 6 amide bonds. The van der Waals surface area contributed by atoms with E-state index in [1.54, 1.807) is 6.20 Å². The number of allylic oxidation sites excluding steroid dienone is 4. The van der Waals surface area contributed by atoms with Crippen LogP contribution in [0, 0.1) is 5.92 Å². The fraction of sp³-hybridized carbons (Fsp3) is 0.225. The van der Waals surface area contributed by atoms with Crippen molar-refractivity contribution in [2.24, 2.45) is 5.92 Å². The summed E-state index contributed by atoms with van der Waals surface area (Å²) in [7, 11) is 1.20. The molecule has 14 nitrogen and oxygen atoms in total. The number of carbonyl (C=O) groups excluding carboxylic acids is 7. The zero-order valence-corrected chi connectivity index (χ0v) is 29.2. The molecule has 0 fully saturated rings. The lowest BCUT2D eigenvalue weighted by molar-refractivity contribution is -0.145. The summed E-state index contributed by atoms with van der Waals surface area (Å²) in [6.07, 6.45) is 15.8. The van der Waals surface area contributed by atoms with E-state index in [-0.39, 0.29) is 47.2 Å². The van der Waals surface area contributed by atoms with Crippen LogP contribution in [0.5, 0.6) is 0 Å². The Morgan fingerprint density at radius 2 is 1.69 bits per heavy atom. The number of rotatable bonds is 11. The molecule has 4 heterocycles. The molecule has 7 rings (SSSR count). The van der Waals surface area contributed by atoms with E-state index in [2.05, 4.69) is 20.9 Å². The molecule has 4 N–H and O–H groups in total. The zero-order valence-electron chi connectivity index (χ0n) is 29.2. The van der Waals surface area contributed by atoms with Gasteiger partial charge in [-0.15, -0.1) is 0 Å². The molecule has 3 aliphatic heterocycles. The van der Waals surface area contributed by atoms with Crippen LogP contribution < -0.4 is 16.0 Å². The minimum atomic E-state index is -1.09. The Morgan fingerprint density at radius 3 is 2.52 bits per heavy atom. The minimum absolute atomic E-state index is 0.0112. The molecule has 54 heavy (non-hydrogen) atoms. The van der Waals surface area contributed by atoms with Crippen molar-refractivity contribution in [3.8, 4) is 0 Å². The Kier molecular flexibility index (Phi) is 9.90. The van der Waals surface area contributed by atoms with Gasteiger partial charge in [-0.1, -0.05) is 48.6 Å². The number of aromatic amines is 1. The molecule has 274 valence electrons. The number of para-hydroxylation sites is 1. The Morgan fingerprint density at radius 1 is 0.889 bits per heavy atom. The monoisotopic (exact) mass is 728 g/mol. The molecular formula is C40H36N6O8. The van der Waals surface area contributed by atoms with Crippen molar-refractivity contribution >= 4 is 57.9 Å². The SMILES string of the molecule is COC(=O)[C@@H](CC1=CNC2C=CC=CC12)NC(=O)CN1C(=O)/C2=C/C=C/C(=O)N(CC(=O)NCCc3c[nH]c4ccccc34)C(=O)c3ccc(c2c3)C1=O. The van der Waals surface area contributed by atoms with E-state index in [9.17, 15) is 33.6 Å². The maximum Gasteiger partial charge on any atom is 0.328 e. The van der Waals surface area contributed by atoms with Crippen LogP contribution in [-0.4, -0.2) is 95.0 Å². The number of ether oxygens (including phenoxy) is 1. The van der Waals surface area contributed by atoms with Crippen molar-refractivity contribution in [3.05, 3.63) is 125 Å². The van der Waals surface area contributed by atoms with Gasteiger partial charge in [0.15, 0.2) is 0 Å². The molecule has 0 spiro atoms. The quantitative estimate of drug-likeness (QED) is 0.169. The number of aromatic nitrogens is 1. The van der Waals surface area contributed by atoms with Gasteiger partial charge in [0.25, 0.3) is 23.6 Å². The lowest BCUT2D eigenvalue weighted by Crippen LogP contribution is -2.50. The fourth-order valence-electron chi connectivity index (χ4n) is 7.06. The highest BCUT2D eigenvalue weighted by Crippen LogP contribution is 2.32. The summed E-state index contributed by atoms with van der Waals surface area (Å²) in [6.45, 7) is -0.994. The van der Waals surface area contributed by atoms with Crippen LogP contribution in [0.3, 0.4) is 0 Å². The first-order valence-corrected chi connectivity index (χ1v) is 17.4.